The molecule has 3 aliphatic rings. The lowest BCUT2D eigenvalue weighted by molar-refractivity contribution is -0.677. The van der Waals surface area contributed by atoms with E-state index in [1.165, 1.54) is 4.70 Å². The van der Waals surface area contributed by atoms with E-state index in [4.69, 9.17) is 0 Å². The summed E-state index contributed by atoms with van der Waals surface area (Å²) in [4.78, 5) is 13.8. The topological polar surface area (TPSA) is 54.4 Å². The third-order valence-electron chi connectivity index (χ3n) is 7.39. The Labute approximate surface area is 153 Å². The standard InChI is InChI=1S/C21H37N3O/c1-13-10-17(2,3)15-20(8,9)16(25)21(13,24(15)22)14-11-18(4,5)23-19(6,7)12-14/h13-15,23H,10-12H2,1-9H3. The zero-order chi connectivity index (χ0) is 19.2. The number of rotatable bonds is 1. The van der Waals surface area contributed by atoms with Gasteiger partial charge in [0.1, 0.15) is 0 Å². The van der Waals surface area contributed by atoms with Crippen molar-refractivity contribution in [3.05, 3.63) is 5.53 Å². The lowest BCUT2D eigenvalue weighted by Crippen LogP contribution is -2.67. The lowest BCUT2D eigenvalue weighted by Gasteiger charge is -2.54. The average molecular weight is 348 g/mol. The van der Waals surface area contributed by atoms with E-state index < -0.39 is 11.0 Å². The Morgan fingerprint density at radius 1 is 0.960 bits per heavy atom. The summed E-state index contributed by atoms with van der Waals surface area (Å²) in [6.45, 7) is 19.6. The number of piperidine rings is 2. The minimum absolute atomic E-state index is 0.0444. The largest absolute Gasteiger partial charge is 0.506 e. The van der Waals surface area contributed by atoms with Gasteiger partial charge < -0.3 is 15.5 Å². The number of carbonyl (C=O) groups excluding carboxylic acids is 1. The Balaban J connectivity index is 2.17. The van der Waals surface area contributed by atoms with Gasteiger partial charge in [0.25, 0.3) is 0 Å². The van der Waals surface area contributed by atoms with Gasteiger partial charge in [0.05, 0.1) is 5.41 Å². The molecule has 3 atom stereocenters. The molecule has 0 amide bonds. The summed E-state index contributed by atoms with van der Waals surface area (Å²) >= 11 is 0. The predicted octanol–water partition coefficient (Wildman–Crippen LogP) is 4.36. The van der Waals surface area contributed by atoms with Gasteiger partial charge in [-0.1, -0.05) is 20.8 Å². The summed E-state index contributed by atoms with van der Waals surface area (Å²) < 4.78 is 1.53. The average Bonchev–Trinajstić information content (AvgIpc) is 2.45. The first-order chi connectivity index (χ1) is 11.1. The number of carbonyl (C=O) groups is 1. The van der Waals surface area contributed by atoms with E-state index in [1.54, 1.807) is 0 Å². The highest BCUT2D eigenvalue weighted by Gasteiger charge is 2.76. The monoisotopic (exact) mass is 347 g/mol. The minimum atomic E-state index is -0.750. The molecule has 3 aliphatic heterocycles. The summed E-state index contributed by atoms with van der Waals surface area (Å²) in [6, 6.07) is -0.121. The highest BCUT2D eigenvalue weighted by Crippen LogP contribution is 2.62. The van der Waals surface area contributed by atoms with Crippen molar-refractivity contribution in [1.29, 1.82) is 0 Å². The van der Waals surface area contributed by atoms with Gasteiger partial charge in [-0.05, 0) is 60.8 Å². The molecule has 0 aromatic heterocycles. The predicted molar refractivity (Wildman–Crippen MR) is 101 cm³/mol. The third kappa shape index (κ3) is 2.39. The maximum Gasteiger partial charge on any atom is 0.216 e. The van der Waals surface area contributed by atoms with Crippen LogP contribution in [0.4, 0.5) is 0 Å². The van der Waals surface area contributed by atoms with Gasteiger partial charge >= 0.3 is 0 Å². The van der Waals surface area contributed by atoms with Gasteiger partial charge in [0, 0.05) is 28.3 Å². The van der Waals surface area contributed by atoms with Crippen LogP contribution in [0, 0.1) is 22.7 Å². The second-order valence-corrected chi connectivity index (χ2v) is 11.7. The molecule has 25 heavy (non-hydrogen) atoms. The van der Waals surface area contributed by atoms with Crippen molar-refractivity contribution in [2.24, 2.45) is 22.7 Å². The molecule has 2 bridgehead atoms. The van der Waals surface area contributed by atoms with Crippen LogP contribution in [-0.4, -0.2) is 33.1 Å². The van der Waals surface area contributed by atoms with Crippen molar-refractivity contribution < 1.29 is 9.49 Å². The summed E-state index contributed by atoms with van der Waals surface area (Å²) in [5.74, 6) is 0.559. The first kappa shape index (κ1) is 19.0. The van der Waals surface area contributed by atoms with Crippen molar-refractivity contribution in [2.45, 2.75) is 104 Å². The fraction of sp³-hybridized carbons (Fsp3) is 0.952. The zero-order valence-electron chi connectivity index (χ0n) is 17.7. The normalized spacial score (nSPS) is 41.8. The van der Waals surface area contributed by atoms with E-state index in [0.29, 0.717) is 0 Å². The van der Waals surface area contributed by atoms with Crippen LogP contribution in [0.15, 0.2) is 0 Å². The van der Waals surface area contributed by atoms with E-state index in [-0.39, 0.29) is 40.2 Å². The molecule has 4 heteroatoms. The molecule has 3 fully saturated rings. The maximum absolute atomic E-state index is 13.8. The van der Waals surface area contributed by atoms with Crippen molar-refractivity contribution >= 4 is 5.78 Å². The smallest absolute Gasteiger partial charge is 0.216 e. The van der Waals surface area contributed by atoms with E-state index >= 15 is 0 Å². The summed E-state index contributed by atoms with van der Waals surface area (Å²) in [6.07, 6.45) is 2.80. The van der Waals surface area contributed by atoms with Crippen LogP contribution in [-0.2, 0) is 4.79 Å². The van der Waals surface area contributed by atoms with Crippen LogP contribution in [0.3, 0.4) is 0 Å². The molecule has 0 saturated carbocycles. The maximum atomic E-state index is 13.8. The Bertz CT molecular complexity index is 615. The van der Waals surface area contributed by atoms with Crippen LogP contribution < -0.4 is 5.32 Å². The van der Waals surface area contributed by atoms with Crippen molar-refractivity contribution in [3.8, 4) is 0 Å². The Kier molecular flexibility index (Phi) is 3.75. The molecule has 3 saturated heterocycles. The molecule has 3 heterocycles. The fourth-order valence-electron chi connectivity index (χ4n) is 7.49. The van der Waals surface area contributed by atoms with Gasteiger partial charge in [-0.15, -0.1) is 0 Å². The molecule has 142 valence electrons. The van der Waals surface area contributed by atoms with Gasteiger partial charge in [-0.2, -0.15) is 0 Å². The van der Waals surface area contributed by atoms with Crippen LogP contribution in [0.2, 0.25) is 0 Å². The van der Waals surface area contributed by atoms with Gasteiger partial charge in [-0.3, -0.25) is 4.79 Å². The molecule has 0 radical (unpaired) electrons. The SMILES string of the molecule is CC1CC(C)(C)C2[N+](=[N-])C1(C1CC(C)(C)NC(C)(C)C1)C(=O)C2(C)C. The van der Waals surface area contributed by atoms with Gasteiger partial charge in [0.2, 0.25) is 11.3 Å². The molecule has 0 aromatic carbocycles. The number of nitrogens with one attached hydrogen (secondary N) is 1. The number of fused-ring (bicyclic) bond motifs is 2. The van der Waals surface area contributed by atoms with E-state index in [2.05, 4.69) is 53.8 Å². The molecule has 1 N–H and O–H groups in total. The number of hydrogen-bond acceptors (Lipinski definition) is 2. The van der Waals surface area contributed by atoms with Crippen LogP contribution in [0.1, 0.15) is 81.6 Å². The summed E-state index contributed by atoms with van der Waals surface area (Å²) in [5, 5.41) is 3.73. The highest BCUT2D eigenvalue weighted by atomic mass is 16.1. The number of ketones is 1. The Morgan fingerprint density at radius 2 is 1.44 bits per heavy atom. The van der Waals surface area contributed by atoms with Crippen molar-refractivity contribution in [2.75, 3.05) is 0 Å². The minimum Gasteiger partial charge on any atom is -0.506 e. The highest BCUT2D eigenvalue weighted by molar-refractivity contribution is 5.95. The Morgan fingerprint density at radius 3 is 1.92 bits per heavy atom. The zero-order valence-corrected chi connectivity index (χ0v) is 17.7. The third-order valence-corrected chi connectivity index (χ3v) is 7.39. The molecule has 0 spiro atoms. The number of hydrogen-bond donors (Lipinski definition) is 1. The lowest BCUT2D eigenvalue weighted by atomic mass is 9.59. The first-order valence-electron chi connectivity index (χ1n) is 9.90. The fourth-order valence-corrected chi connectivity index (χ4v) is 7.49. The van der Waals surface area contributed by atoms with Crippen molar-refractivity contribution in [1.82, 2.24) is 5.32 Å². The molecule has 3 rings (SSSR count). The molecule has 0 aliphatic carbocycles. The first-order valence-corrected chi connectivity index (χ1v) is 9.90. The van der Waals surface area contributed by atoms with Gasteiger partial charge in [0.15, 0.2) is 6.04 Å². The number of Topliss-reactive ketones (excluding diaryl/α,β-unsaturated/α-hetero) is 1. The van der Waals surface area contributed by atoms with Crippen molar-refractivity contribution in [3.63, 3.8) is 0 Å². The molecule has 3 unspecified atom stereocenters. The van der Waals surface area contributed by atoms with Crippen LogP contribution in [0.5, 0.6) is 0 Å². The quantitative estimate of drug-likeness (QED) is 0.717. The van der Waals surface area contributed by atoms with E-state index in [9.17, 15) is 10.3 Å². The molecule has 0 aromatic rings. The van der Waals surface area contributed by atoms with Crippen LogP contribution >= 0.6 is 0 Å². The second kappa shape index (κ2) is 4.94. The summed E-state index contributed by atoms with van der Waals surface area (Å²) in [5.41, 5.74) is 10.0. The second-order valence-electron chi connectivity index (χ2n) is 11.7. The molecular formula is C21H37N3O. The Hall–Kier alpha value is -0.770. The van der Waals surface area contributed by atoms with Crippen LogP contribution in [0.25, 0.3) is 5.53 Å². The summed E-state index contributed by atoms with van der Waals surface area (Å²) in [7, 11) is 0. The van der Waals surface area contributed by atoms with E-state index in [0.717, 1.165) is 19.3 Å². The molecular weight excluding hydrogens is 310 g/mol. The molecule has 4 nitrogen and oxygen atoms in total. The van der Waals surface area contributed by atoms with E-state index in [1.807, 2.05) is 13.8 Å². The number of nitrogens with zero attached hydrogens (tertiary/aromatic N) is 2. The van der Waals surface area contributed by atoms with Gasteiger partial charge in [-0.25, -0.2) is 0 Å².